The summed E-state index contributed by atoms with van der Waals surface area (Å²) < 4.78 is 15.4. The molecule has 0 spiro atoms. The minimum atomic E-state index is -0.324. The highest BCUT2D eigenvalue weighted by molar-refractivity contribution is 7.09. The molecule has 4 rings (SSSR count). The zero-order valence-corrected chi connectivity index (χ0v) is 14.5. The summed E-state index contributed by atoms with van der Waals surface area (Å²) in [5.41, 5.74) is 2.37. The van der Waals surface area contributed by atoms with Crippen LogP contribution in [0, 0.1) is 5.82 Å². The van der Waals surface area contributed by atoms with Crippen LogP contribution in [-0.2, 0) is 13.6 Å². The molecule has 0 bridgehead atoms. The van der Waals surface area contributed by atoms with Crippen molar-refractivity contribution in [3.63, 3.8) is 0 Å². The lowest BCUT2D eigenvalue weighted by atomic mass is 10.2. The maximum absolute atomic E-state index is 13.8. The Kier molecular flexibility index (Phi) is 4.13. The second kappa shape index (κ2) is 6.60. The third-order valence-corrected chi connectivity index (χ3v) is 4.69. The van der Waals surface area contributed by atoms with E-state index in [1.165, 1.54) is 22.1 Å². The number of nitrogens with one attached hydrogen (secondary N) is 1. The van der Waals surface area contributed by atoms with E-state index in [4.69, 9.17) is 0 Å². The predicted molar refractivity (Wildman–Crippen MR) is 95.0 cm³/mol. The number of hydrogen-bond donors (Lipinski definition) is 1. The van der Waals surface area contributed by atoms with E-state index < -0.39 is 0 Å². The van der Waals surface area contributed by atoms with Crippen LogP contribution in [0.1, 0.15) is 15.4 Å². The average molecular weight is 368 g/mol. The average Bonchev–Trinajstić information content (AvgIpc) is 3.27. The molecule has 0 radical (unpaired) electrons. The lowest BCUT2D eigenvalue weighted by molar-refractivity contribution is 0.0952. The third-order valence-electron chi connectivity index (χ3n) is 3.84. The molecule has 0 unspecified atom stereocenters. The minimum absolute atomic E-state index is 0.238. The topological polar surface area (TPSA) is 85.6 Å². The Morgan fingerprint density at radius 1 is 1.31 bits per heavy atom. The summed E-state index contributed by atoms with van der Waals surface area (Å²) in [6.07, 6.45) is 1.54. The number of amides is 1. The Balaban J connectivity index is 1.51. The molecule has 26 heavy (non-hydrogen) atoms. The van der Waals surface area contributed by atoms with Crippen molar-refractivity contribution < 1.29 is 9.18 Å². The van der Waals surface area contributed by atoms with Crippen LogP contribution in [0.15, 0.2) is 41.9 Å². The van der Waals surface area contributed by atoms with Gasteiger partial charge in [0.1, 0.15) is 16.3 Å². The summed E-state index contributed by atoms with van der Waals surface area (Å²) in [4.78, 5) is 21.0. The van der Waals surface area contributed by atoms with E-state index in [0.29, 0.717) is 33.0 Å². The molecule has 0 saturated carbocycles. The van der Waals surface area contributed by atoms with Crippen LogP contribution in [0.4, 0.5) is 4.39 Å². The smallest absolute Gasteiger partial charge is 0.254 e. The maximum Gasteiger partial charge on any atom is 0.254 e. The van der Waals surface area contributed by atoms with E-state index in [-0.39, 0.29) is 18.3 Å². The van der Waals surface area contributed by atoms with E-state index >= 15 is 0 Å². The van der Waals surface area contributed by atoms with Crippen LogP contribution in [0.5, 0.6) is 0 Å². The number of nitrogens with zero attached hydrogens (tertiary/aromatic N) is 5. The van der Waals surface area contributed by atoms with E-state index in [9.17, 15) is 9.18 Å². The molecule has 0 saturated heterocycles. The van der Waals surface area contributed by atoms with E-state index in [2.05, 4.69) is 25.6 Å². The SMILES string of the molecule is Cn1nnc2c(C(=O)NCc3nc(-c4ccccc4F)cs3)ccnc21. The van der Waals surface area contributed by atoms with Crippen molar-refractivity contribution >= 4 is 28.4 Å². The summed E-state index contributed by atoms with van der Waals surface area (Å²) in [7, 11) is 1.71. The van der Waals surface area contributed by atoms with Crippen molar-refractivity contribution in [2.24, 2.45) is 7.05 Å². The Bertz CT molecular complexity index is 1110. The fourth-order valence-corrected chi connectivity index (χ4v) is 3.29. The molecule has 0 aliphatic rings. The zero-order valence-electron chi connectivity index (χ0n) is 13.7. The van der Waals surface area contributed by atoms with Gasteiger partial charge in [0.2, 0.25) is 0 Å². The monoisotopic (exact) mass is 368 g/mol. The van der Waals surface area contributed by atoms with Gasteiger partial charge in [-0.1, -0.05) is 17.3 Å². The molecule has 7 nitrogen and oxygen atoms in total. The normalized spacial score (nSPS) is 11.0. The van der Waals surface area contributed by atoms with E-state index in [1.54, 1.807) is 42.9 Å². The van der Waals surface area contributed by atoms with Crippen molar-refractivity contribution in [3.8, 4) is 11.3 Å². The summed E-state index contributed by atoms with van der Waals surface area (Å²) >= 11 is 1.36. The highest BCUT2D eigenvalue weighted by Gasteiger charge is 2.15. The molecule has 0 atom stereocenters. The zero-order chi connectivity index (χ0) is 18.1. The van der Waals surface area contributed by atoms with Gasteiger partial charge in [-0.15, -0.1) is 16.4 Å². The standard InChI is InChI=1S/C17H13FN6OS/c1-24-16-15(22-23-24)11(6-7-19-16)17(25)20-8-14-21-13(9-26-14)10-4-2-3-5-12(10)18/h2-7,9H,8H2,1H3,(H,20,25). The Labute approximate surface area is 151 Å². The number of carbonyl (C=O) groups excluding carboxylic acids is 1. The number of halogens is 1. The van der Waals surface area contributed by atoms with Gasteiger partial charge in [0, 0.05) is 24.2 Å². The maximum atomic E-state index is 13.8. The Morgan fingerprint density at radius 2 is 2.15 bits per heavy atom. The molecule has 1 N–H and O–H groups in total. The van der Waals surface area contributed by atoms with Gasteiger partial charge in [0.25, 0.3) is 5.91 Å². The molecule has 3 heterocycles. The van der Waals surface area contributed by atoms with Crippen molar-refractivity contribution in [2.75, 3.05) is 0 Å². The molecule has 9 heteroatoms. The van der Waals surface area contributed by atoms with Crippen LogP contribution >= 0.6 is 11.3 Å². The summed E-state index contributed by atoms with van der Waals surface area (Å²) in [5, 5.41) is 13.1. The second-order valence-corrected chi connectivity index (χ2v) is 6.48. The van der Waals surface area contributed by atoms with Crippen LogP contribution in [0.3, 0.4) is 0 Å². The number of pyridine rings is 1. The molecule has 1 aromatic carbocycles. The van der Waals surface area contributed by atoms with Crippen molar-refractivity contribution in [1.29, 1.82) is 0 Å². The number of hydrogen-bond acceptors (Lipinski definition) is 6. The van der Waals surface area contributed by atoms with E-state index in [1.807, 2.05) is 0 Å². The lowest BCUT2D eigenvalue weighted by Crippen LogP contribution is -2.23. The van der Waals surface area contributed by atoms with Crippen LogP contribution in [0.2, 0.25) is 0 Å². The van der Waals surface area contributed by atoms with Gasteiger partial charge in [0.15, 0.2) is 5.65 Å². The van der Waals surface area contributed by atoms with Crippen LogP contribution in [-0.4, -0.2) is 30.9 Å². The van der Waals surface area contributed by atoms with Gasteiger partial charge < -0.3 is 5.32 Å². The Morgan fingerprint density at radius 3 is 3.00 bits per heavy atom. The first kappa shape index (κ1) is 16.3. The fraction of sp³-hybridized carbons (Fsp3) is 0.118. The molecular weight excluding hydrogens is 355 g/mol. The third kappa shape index (κ3) is 2.92. The van der Waals surface area contributed by atoms with Gasteiger partial charge in [-0.3, -0.25) is 4.79 Å². The number of carbonyl (C=O) groups is 1. The number of benzene rings is 1. The molecule has 0 aliphatic carbocycles. The first-order valence-electron chi connectivity index (χ1n) is 7.75. The quantitative estimate of drug-likeness (QED) is 0.598. The van der Waals surface area contributed by atoms with Crippen LogP contribution < -0.4 is 5.32 Å². The Hall–Kier alpha value is -3.20. The van der Waals surface area contributed by atoms with Gasteiger partial charge in [-0.05, 0) is 18.2 Å². The second-order valence-electron chi connectivity index (χ2n) is 5.53. The van der Waals surface area contributed by atoms with Crippen molar-refractivity contribution in [3.05, 3.63) is 58.3 Å². The highest BCUT2D eigenvalue weighted by atomic mass is 32.1. The van der Waals surface area contributed by atoms with Crippen LogP contribution in [0.25, 0.3) is 22.4 Å². The number of aromatic nitrogens is 5. The molecule has 3 aromatic heterocycles. The predicted octanol–water partition coefficient (Wildman–Crippen LogP) is 2.56. The first-order chi connectivity index (χ1) is 12.6. The van der Waals surface area contributed by atoms with Gasteiger partial charge in [0.05, 0.1) is 17.8 Å². The molecule has 130 valence electrons. The molecule has 1 amide bonds. The highest BCUT2D eigenvalue weighted by Crippen LogP contribution is 2.24. The fourth-order valence-electron chi connectivity index (χ4n) is 2.55. The van der Waals surface area contributed by atoms with Crippen molar-refractivity contribution in [2.45, 2.75) is 6.54 Å². The summed E-state index contributed by atoms with van der Waals surface area (Å²) in [6, 6.07) is 8.06. The molecular formula is C17H13FN6OS. The first-order valence-corrected chi connectivity index (χ1v) is 8.63. The molecule has 0 fully saturated rings. The van der Waals surface area contributed by atoms with Gasteiger partial charge in [-0.2, -0.15) is 0 Å². The van der Waals surface area contributed by atoms with Gasteiger partial charge >= 0.3 is 0 Å². The summed E-state index contributed by atoms with van der Waals surface area (Å²) in [6.45, 7) is 0.238. The molecule has 0 aliphatic heterocycles. The summed E-state index contributed by atoms with van der Waals surface area (Å²) in [5.74, 6) is -0.615. The van der Waals surface area contributed by atoms with E-state index in [0.717, 1.165) is 0 Å². The molecule has 4 aromatic rings. The number of thiazole rings is 1. The number of rotatable bonds is 4. The van der Waals surface area contributed by atoms with Crippen molar-refractivity contribution in [1.82, 2.24) is 30.3 Å². The number of fused-ring (bicyclic) bond motifs is 1. The largest absolute Gasteiger partial charge is 0.345 e. The number of aryl methyl sites for hydroxylation is 1. The minimum Gasteiger partial charge on any atom is -0.345 e. The lowest BCUT2D eigenvalue weighted by Gasteiger charge is -2.03. The van der Waals surface area contributed by atoms with Gasteiger partial charge in [-0.25, -0.2) is 19.0 Å².